The number of halogens is 1. The van der Waals surface area contributed by atoms with E-state index in [2.05, 4.69) is 10.2 Å². The van der Waals surface area contributed by atoms with E-state index in [1.54, 1.807) is 21.6 Å². The number of hydrogen-bond donors (Lipinski definition) is 1. The van der Waals surface area contributed by atoms with E-state index in [4.69, 9.17) is 4.74 Å². The summed E-state index contributed by atoms with van der Waals surface area (Å²) in [6, 6.07) is 6.04. The molecule has 1 saturated heterocycles. The van der Waals surface area contributed by atoms with Crippen LogP contribution < -0.4 is 5.43 Å². The molecule has 2 aromatic heterocycles. The smallest absolute Gasteiger partial charge is 0.276 e. The molecule has 0 unspecified atom stereocenters. The largest absolute Gasteiger partial charge is 0.503 e. The first kappa shape index (κ1) is 19.8. The average Bonchev–Trinajstić information content (AvgIpc) is 3.20. The number of rotatable bonds is 3. The molecule has 2 aliphatic heterocycles. The van der Waals surface area contributed by atoms with Gasteiger partial charge in [-0.1, -0.05) is 23.5 Å². The van der Waals surface area contributed by atoms with Crippen molar-refractivity contribution in [3.05, 3.63) is 62.8 Å². The van der Waals surface area contributed by atoms with Crippen LogP contribution in [0.15, 0.2) is 35.3 Å². The summed E-state index contributed by atoms with van der Waals surface area (Å²) in [5, 5.41) is 19.8. The molecule has 0 bridgehead atoms. The lowest BCUT2D eigenvalue weighted by molar-refractivity contribution is -0.112. The first-order chi connectivity index (χ1) is 14.9. The zero-order valence-corrected chi connectivity index (χ0v) is 17.4. The van der Waals surface area contributed by atoms with Crippen LogP contribution >= 0.6 is 11.3 Å². The molecule has 2 aliphatic rings. The fraction of sp³-hybridized carbons (Fsp3) is 0.333. The monoisotopic (exact) mass is 442 g/mol. The van der Waals surface area contributed by atoms with Gasteiger partial charge < -0.3 is 19.3 Å². The van der Waals surface area contributed by atoms with E-state index in [0.717, 1.165) is 5.56 Å². The number of aromatic hydroxyl groups is 1. The highest BCUT2D eigenvalue weighted by Gasteiger charge is 2.40. The number of aromatic nitrogens is 3. The molecule has 8 nitrogen and oxygen atoms in total. The first-order valence-corrected chi connectivity index (χ1v) is 10.7. The molecule has 31 heavy (non-hydrogen) atoms. The Hall–Kier alpha value is -3.11. The minimum Gasteiger partial charge on any atom is -0.503 e. The van der Waals surface area contributed by atoms with Crippen molar-refractivity contribution >= 4 is 17.2 Å². The van der Waals surface area contributed by atoms with Gasteiger partial charge in [-0.15, -0.1) is 10.2 Å². The van der Waals surface area contributed by atoms with Crippen LogP contribution in [0.4, 0.5) is 4.39 Å². The molecule has 0 aliphatic carbocycles. The zero-order chi connectivity index (χ0) is 21.7. The summed E-state index contributed by atoms with van der Waals surface area (Å²) in [5.41, 5.74) is 0.351. The first-order valence-electron chi connectivity index (χ1n) is 9.90. The van der Waals surface area contributed by atoms with Crippen LogP contribution in [0.2, 0.25) is 0 Å². The second-order valence-corrected chi connectivity index (χ2v) is 8.76. The van der Waals surface area contributed by atoms with Gasteiger partial charge in [0.15, 0.2) is 22.7 Å². The molecular formula is C21H19FN4O4S. The van der Waals surface area contributed by atoms with Crippen molar-refractivity contribution in [2.24, 2.45) is 0 Å². The highest BCUT2D eigenvalue weighted by Crippen LogP contribution is 2.31. The zero-order valence-electron chi connectivity index (χ0n) is 16.6. The second-order valence-electron chi connectivity index (χ2n) is 7.70. The van der Waals surface area contributed by atoms with Crippen molar-refractivity contribution in [2.45, 2.75) is 38.6 Å². The van der Waals surface area contributed by atoms with Gasteiger partial charge in [-0.25, -0.2) is 4.39 Å². The molecule has 3 aromatic rings. The summed E-state index contributed by atoms with van der Waals surface area (Å²) in [6.07, 6.45) is 2.24. The Morgan fingerprint density at radius 2 is 2.03 bits per heavy atom. The van der Waals surface area contributed by atoms with Crippen molar-refractivity contribution in [1.29, 1.82) is 0 Å². The molecule has 1 N–H and O–H groups in total. The summed E-state index contributed by atoms with van der Waals surface area (Å²) >= 11 is 1.22. The van der Waals surface area contributed by atoms with Crippen LogP contribution in [0.5, 0.6) is 5.75 Å². The average molecular weight is 442 g/mol. The number of carbonyl (C=O) groups is 1. The van der Waals surface area contributed by atoms with E-state index >= 15 is 0 Å². The number of carbonyl (C=O) groups excluding carboxylic acids is 1. The minimum atomic E-state index is -0.659. The van der Waals surface area contributed by atoms with Gasteiger partial charge in [0.05, 0.1) is 18.7 Å². The van der Waals surface area contributed by atoms with E-state index in [-0.39, 0.29) is 23.1 Å². The molecule has 0 saturated carbocycles. The van der Waals surface area contributed by atoms with E-state index < -0.39 is 23.3 Å². The number of pyridine rings is 1. The fourth-order valence-corrected chi connectivity index (χ4v) is 4.90. The Morgan fingerprint density at radius 3 is 2.81 bits per heavy atom. The van der Waals surface area contributed by atoms with Crippen LogP contribution in [0.3, 0.4) is 0 Å². The van der Waals surface area contributed by atoms with E-state index in [0.29, 0.717) is 36.0 Å². The number of ether oxygens (including phenoxy) is 1. The topological polar surface area (TPSA) is 97.5 Å². The van der Waals surface area contributed by atoms with Crippen LogP contribution in [0.1, 0.15) is 34.4 Å². The van der Waals surface area contributed by atoms with Gasteiger partial charge >= 0.3 is 0 Å². The van der Waals surface area contributed by atoms with Crippen molar-refractivity contribution in [3.8, 4) is 16.3 Å². The van der Waals surface area contributed by atoms with Crippen molar-refractivity contribution in [2.75, 3.05) is 6.61 Å². The minimum absolute atomic E-state index is 0.0293. The van der Waals surface area contributed by atoms with Gasteiger partial charge in [-0.3, -0.25) is 9.59 Å². The van der Waals surface area contributed by atoms with Gasteiger partial charge in [0.1, 0.15) is 10.8 Å². The van der Waals surface area contributed by atoms with Gasteiger partial charge in [-0.05, 0) is 31.0 Å². The van der Waals surface area contributed by atoms with E-state index in [1.807, 2.05) is 6.92 Å². The Kier molecular flexibility index (Phi) is 4.82. The normalized spacial score (nSPS) is 20.5. The van der Waals surface area contributed by atoms with Gasteiger partial charge in [0.25, 0.3) is 5.91 Å². The summed E-state index contributed by atoms with van der Waals surface area (Å²) in [5.74, 6) is -1.32. The van der Waals surface area contributed by atoms with Crippen molar-refractivity contribution in [3.63, 3.8) is 0 Å². The number of fused-ring (bicyclic) bond motifs is 2. The lowest BCUT2D eigenvalue weighted by Crippen LogP contribution is -2.56. The molecule has 1 aromatic carbocycles. The maximum atomic E-state index is 13.1. The third-order valence-corrected chi connectivity index (χ3v) is 6.60. The van der Waals surface area contributed by atoms with Gasteiger partial charge in [0, 0.05) is 18.7 Å². The number of benzene rings is 1. The SMILES string of the molecule is C[C@@H]1CCO[C@H]2Cn3cc(-c4nnc(Cc5ccc(F)cc5)s4)c(=O)c(O)c3C(=O)N12. The van der Waals surface area contributed by atoms with E-state index in [1.165, 1.54) is 29.7 Å². The molecule has 1 amide bonds. The predicted octanol–water partition coefficient (Wildman–Crippen LogP) is 2.39. The van der Waals surface area contributed by atoms with Crippen molar-refractivity contribution < 1.29 is 19.0 Å². The van der Waals surface area contributed by atoms with Crippen LogP contribution in [0.25, 0.3) is 10.6 Å². The molecule has 5 rings (SSSR count). The second kappa shape index (κ2) is 7.54. The molecule has 10 heteroatoms. The van der Waals surface area contributed by atoms with Gasteiger partial charge in [-0.2, -0.15) is 0 Å². The van der Waals surface area contributed by atoms with Crippen LogP contribution in [-0.4, -0.2) is 49.6 Å². The maximum absolute atomic E-state index is 13.1. The number of nitrogens with zero attached hydrogens (tertiary/aromatic N) is 4. The lowest BCUT2D eigenvalue weighted by Gasteiger charge is -2.44. The van der Waals surface area contributed by atoms with Gasteiger partial charge in [0.2, 0.25) is 5.43 Å². The fourth-order valence-electron chi connectivity index (χ4n) is 4.02. The Morgan fingerprint density at radius 1 is 1.26 bits per heavy atom. The molecule has 1 fully saturated rings. The molecule has 0 radical (unpaired) electrons. The highest BCUT2D eigenvalue weighted by molar-refractivity contribution is 7.14. The molecule has 0 spiro atoms. The summed E-state index contributed by atoms with van der Waals surface area (Å²) in [6.45, 7) is 2.79. The third-order valence-electron chi connectivity index (χ3n) is 5.64. The Balaban J connectivity index is 1.50. The molecule has 160 valence electrons. The standard InChI is InChI=1S/C21H19FN4O4S/c1-11-6-7-30-16-10-25-9-14(18(27)19(28)17(25)21(29)26(11)16)20-24-23-15(31-20)8-12-2-4-13(22)5-3-12/h2-5,9,11,16,28H,6-8,10H2,1H3/t11-,16+/m1/s1. The predicted molar refractivity (Wildman–Crippen MR) is 110 cm³/mol. The summed E-state index contributed by atoms with van der Waals surface area (Å²) in [7, 11) is 0. The molecular weight excluding hydrogens is 423 g/mol. The maximum Gasteiger partial charge on any atom is 0.276 e. The van der Waals surface area contributed by atoms with Crippen LogP contribution in [0, 0.1) is 5.82 Å². The number of hydrogen-bond acceptors (Lipinski definition) is 7. The third kappa shape index (κ3) is 3.41. The molecule has 4 heterocycles. The lowest BCUT2D eigenvalue weighted by atomic mass is 10.1. The van der Waals surface area contributed by atoms with E-state index in [9.17, 15) is 19.1 Å². The Bertz CT molecular complexity index is 1220. The molecule has 2 atom stereocenters. The number of amides is 1. The quantitative estimate of drug-likeness (QED) is 0.669. The highest BCUT2D eigenvalue weighted by atomic mass is 32.1. The van der Waals surface area contributed by atoms with Crippen LogP contribution in [-0.2, 0) is 17.7 Å². The summed E-state index contributed by atoms with van der Waals surface area (Å²) < 4.78 is 20.4. The Labute approximate surface area is 180 Å². The van der Waals surface area contributed by atoms with Crippen molar-refractivity contribution in [1.82, 2.24) is 19.7 Å². The summed E-state index contributed by atoms with van der Waals surface area (Å²) in [4.78, 5) is 27.4.